The second kappa shape index (κ2) is 8.47. The number of hydrogen-bond donors (Lipinski definition) is 2. The maximum Gasteiger partial charge on any atom is 0.272 e. The van der Waals surface area contributed by atoms with Crippen molar-refractivity contribution in [2.45, 2.75) is 32.5 Å². The first kappa shape index (κ1) is 20.4. The van der Waals surface area contributed by atoms with Crippen LogP contribution >= 0.6 is 0 Å². The molecule has 0 aliphatic carbocycles. The summed E-state index contributed by atoms with van der Waals surface area (Å²) in [4.78, 5) is 18.8. The molecule has 1 fully saturated rings. The Hall–Kier alpha value is -2.87. The van der Waals surface area contributed by atoms with Crippen LogP contribution in [0, 0.1) is 11.7 Å². The van der Waals surface area contributed by atoms with E-state index in [0.29, 0.717) is 35.3 Å². The van der Waals surface area contributed by atoms with Crippen LogP contribution in [0.1, 0.15) is 30.8 Å². The number of nitrogens with one attached hydrogen (secondary N) is 2. The highest BCUT2D eigenvalue weighted by Gasteiger charge is 2.31. The molecule has 0 radical (unpaired) electrons. The van der Waals surface area contributed by atoms with Gasteiger partial charge in [0.1, 0.15) is 12.0 Å². The number of fused-ring (bicyclic) bond motifs is 1. The molecule has 1 saturated heterocycles. The van der Waals surface area contributed by atoms with Gasteiger partial charge in [0.25, 0.3) is 5.91 Å². The number of nitrogens with zero attached hydrogens (tertiary/aromatic N) is 3. The van der Waals surface area contributed by atoms with Crippen LogP contribution in [0.2, 0.25) is 0 Å². The van der Waals surface area contributed by atoms with Gasteiger partial charge in [-0.05, 0) is 36.1 Å². The van der Waals surface area contributed by atoms with Crippen molar-refractivity contribution in [2.24, 2.45) is 5.92 Å². The maximum atomic E-state index is 14.7. The normalized spacial score (nSPS) is 20.0. The molecule has 8 heteroatoms. The first-order chi connectivity index (χ1) is 14.4. The van der Waals surface area contributed by atoms with Crippen molar-refractivity contribution in [1.82, 2.24) is 25.4 Å². The molecule has 4 rings (SSSR count). The number of likely N-dealkylation sites (tertiary alicyclic amines) is 1. The average molecular weight is 413 g/mol. The van der Waals surface area contributed by atoms with Crippen LogP contribution in [-0.4, -0.2) is 57.8 Å². The third-order valence-corrected chi connectivity index (χ3v) is 5.38. The summed E-state index contributed by atoms with van der Waals surface area (Å²) in [5.41, 5.74) is 2.20. The zero-order valence-electron chi connectivity index (χ0n) is 17.0. The minimum absolute atomic E-state index is 0.202. The number of benzene rings is 1. The number of alkyl halides is 1. The number of aromatic nitrogens is 3. The monoisotopic (exact) mass is 413 g/mol. The first-order valence-electron chi connectivity index (χ1n) is 10.2. The Labute approximate surface area is 173 Å². The van der Waals surface area contributed by atoms with E-state index in [1.807, 2.05) is 0 Å². The topological polar surface area (TPSA) is 73.9 Å². The fourth-order valence-electron chi connectivity index (χ4n) is 3.99. The minimum atomic E-state index is -1.12. The van der Waals surface area contributed by atoms with E-state index in [4.69, 9.17) is 0 Å². The number of rotatable bonds is 5. The predicted molar refractivity (Wildman–Crippen MR) is 111 cm³/mol. The molecule has 0 spiro atoms. The molecule has 158 valence electrons. The Morgan fingerprint density at radius 2 is 2.13 bits per heavy atom. The quantitative estimate of drug-likeness (QED) is 0.671. The van der Waals surface area contributed by atoms with Crippen molar-refractivity contribution in [1.29, 1.82) is 0 Å². The molecule has 6 nitrogen and oxygen atoms in total. The molecular weight excluding hydrogens is 388 g/mol. The maximum absolute atomic E-state index is 14.7. The third kappa shape index (κ3) is 4.33. The molecule has 1 aromatic carbocycles. The lowest BCUT2D eigenvalue weighted by Crippen LogP contribution is -2.53. The molecular formula is C22H25F2N5O. The largest absolute Gasteiger partial charge is 0.345 e. The van der Waals surface area contributed by atoms with Gasteiger partial charge >= 0.3 is 0 Å². The van der Waals surface area contributed by atoms with E-state index in [0.717, 1.165) is 24.8 Å². The molecule has 1 aliphatic heterocycles. The van der Waals surface area contributed by atoms with E-state index in [1.165, 1.54) is 6.07 Å². The second-order valence-electron chi connectivity index (χ2n) is 8.26. The van der Waals surface area contributed by atoms with Gasteiger partial charge in [-0.25, -0.2) is 8.78 Å². The van der Waals surface area contributed by atoms with Crippen LogP contribution in [0.4, 0.5) is 8.78 Å². The smallest absolute Gasteiger partial charge is 0.272 e. The summed E-state index contributed by atoms with van der Waals surface area (Å²) in [5, 5.41) is 10.4. The number of halogens is 2. The van der Waals surface area contributed by atoms with E-state index in [1.54, 1.807) is 24.4 Å². The van der Waals surface area contributed by atoms with Crippen LogP contribution in [0.15, 0.2) is 36.7 Å². The zero-order valence-corrected chi connectivity index (χ0v) is 17.0. The fraction of sp³-hybridized carbons (Fsp3) is 0.409. The molecule has 1 amide bonds. The summed E-state index contributed by atoms with van der Waals surface area (Å²) in [6.45, 7) is 6.14. The SMILES string of the molecule is CC(C)CN1CC[C@H](NC(=O)c2n[nH]c3ccc(-c4cncc(F)c4)cc23)[C@@H](F)C1. The van der Waals surface area contributed by atoms with Gasteiger partial charge in [-0.1, -0.05) is 19.9 Å². The van der Waals surface area contributed by atoms with Gasteiger partial charge in [-0.2, -0.15) is 5.10 Å². The molecule has 2 atom stereocenters. The van der Waals surface area contributed by atoms with Crippen LogP contribution in [0.3, 0.4) is 0 Å². The number of amides is 1. The summed E-state index contributed by atoms with van der Waals surface area (Å²) >= 11 is 0. The van der Waals surface area contributed by atoms with E-state index in [9.17, 15) is 13.6 Å². The first-order valence-corrected chi connectivity index (χ1v) is 10.2. The van der Waals surface area contributed by atoms with Crippen molar-refractivity contribution in [3.63, 3.8) is 0 Å². The van der Waals surface area contributed by atoms with E-state index >= 15 is 0 Å². The molecule has 0 unspecified atom stereocenters. The molecule has 0 bridgehead atoms. The van der Waals surface area contributed by atoms with Gasteiger partial charge in [0.2, 0.25) is 0 Å². The highest BCUT2D eigenvalue weighted by molar-refractivity contribution is 6.05. The lowest BCUT2D eigenvalue weighted by atomic mass is 10.0. The van der Waals surface area contributed by atoms with Gasteiger partial charge in [0.15, 0.2) is 5.69 Å². The number of aromatic amines is 1. The Morgan fingerprint density at radius 1 is 1.30 bits per heavy atom. The molecule has 0 saturated carbocycles. The highest BCUT2D eigenvalue weighted by atomic mass is 19.1. The Balaban J connectivity index is 1.52. The molecule has 2 N–H and O–H groups in total. The van der Waals surface area contributed by atoms with Crippen LogP contribution < -0.4 is 5.32 Å². The van der Waals surface area contributed by atoms with Crippen molar-refractivity contribution in [3.8, 4) is 11.1 Å². The van der Waals surface area contributed by atoms with Gasteiger partial charge in [0.05, 0.1) is 17.8 Å². The van der Waals surface area contributed by atoms with Crippen molar-refractivity contribution < 1.29 is 13.6 Å². The number of piperidine rings is 1. The van der Waals surface area contributed by atoms with Crippen molar-refractivity contribution in [3.05, 3.63) is 48.2 Å². The Morgan fingerprint density at radius 3 is 2.87 bits per heavy atom. The van der Waals surface area contributed by atoms with Gasteiger partial charge in [0, 0.05) is 36.8 Å². The summed E-state index contributed by atoms with van der Waals surface area (Å²) in [5.74, 6) is -0.377. The third-order valence-electron chi connectivity index (χ3n) is 5.38. The molecule has 2 aromatic heterocycles. The fourth-order valence-corrected chi connectivity index (χ4v) is 3.99. The zero-order chi connectivity index (χ0) is 21.3. The predicted octanol–water partition coefficient (Wildman–Crippen LogP) is 3.56. The highest BCUT2D eigenvalue weighted by Crippen LogP contribution is 2.26. The summed E-state index contributed by atoms with van der Waals surface area (Å²) < 4.78 is 28.2. The standard InChI is InChI=1S/C22H25F2N5O/c1-13(2)11-29-6-5-20(18(24)12-29)26-22(30)21-17-8-14(3-4-19(17)27-28-21)15-7-16(23)10-25-9-15/h3-4,7-10,13,18,20H,5-6,11-12H2,1-2H3,(H,26,30)(H,27,28)/t18-,20-/m0/s1. The van der Waals surface area contributed by atoms with Crippen molar-refractivity contribution >= 4 is 16.8 Å². The second-order valence-corrected chi connectivity index (χ2v) is 8.26. The number of carbonyl (C=O) groups excluding carboxylic acids is 1. The number of carbonyl (C=O) groups is 1. The van der Waals surface area contributed by atoms with Crippen molar-refractivity contribution in [2.75, 3.05) is 19.6 Å². The van der Waals surface area contributed by atoms with Gasteiger partial charge in [-0.15, -0.1) is 0 Å². The minimum Gasteiger partial charge on any atom is -0.345 e. The molecule has 30 heavy (non-hydrogen) atoms. The summed E-state index contributed by atoms with van der Waals surface area (Å²) in [6.07, 6.45) is 2.13. The number of hydrogen-bond acceptors (Lipinski definition) is 4. The molecule has 1 aliphatic rings. The van der Waals surface area contributed by atoms with E-state index in [-0.39, 0.29) is 5.69 Å². The lowest BCUT2D eigenvalue weighted by molar-refractivity contribution is 0.0748. The van der Waals surface area contributed by atoms with Crippen LogP contribution in [0.25, 0.3) is 22.0 Å². The van der Waals surface area contributed by atoms with E-state index in [2.05, 4.69) is 39.2 Å². The van der Waals surface area contributed by atoms with Gasteiger partial charge < -0.3 is 10.2 Å². The molecule has 3 aromatic rings. The Bertz CT molecular complexity index is 1050. The van der Waals surface area contributed by atoms with Crippen LogP contribution in [0.5, 0.6) is 0 Å². The van der Waals surface area contributed by atoms with E-state index < -0.39 is 23.9 Å². The van der Waals surface area contributed by atoms with Crippen LogP contribution in [-0.2, 0) is 0 Å². The number of pyridine rings is 1. The average Bonchev–Trinajstić information content (AvgIpc) is 3.13. The lowest BCUT2D eigenvalue weighted by Gasteiger charge is -2.35. The summed E-state index contributed by atoms with van der Waals surface area (Å²) in [6, 6.07) is 6.19. The summed E-state index contributed by atoms with van der Waals surface area (Å²) in [7, 11) is 0. The Kier molecular flexibility index (Phi) is 5.76. The molecule has 3 heterocycles. The van der Waals surface area contributed by atoms with Gasteiger partial charge in [-0.3, -0.25) is 14.9 Å². The number of H-pyrrole nitrogens is 1.